The molecule has 3 rings (SSSR count). The van der Waals surface area contributed by atoms with Gasteiger partial charge in [-0.25, -0.2) is 4.79 Å². The molecule has 2 saturated heterocycles. The number of benzene rings is 1. The fraction of sp³-hybridized carbons (Fsp3) is 0.682. The molecule has 160 valence electrons. The number of carbonyl (C=O) groups is 1. The maximum atomic E-state index is 12.3. The Bertz CT molecular complexity index is 759. The second-order valence-electron chi connectivity index (χ2n) is 10.2. The lowest BCUT2D eigenvalue weighted by molar-refractivity contribution is 0.00578. The van der Waals surface area contributed by atoms with Crippen LogP contribution >= 0.6 is 11.6 Å². The molecule has 7 heteroatoms. The minimum Gasteiger partial charge on any atom is -0.444 e. The van der Waals surface area contributed by atoms with Gasteiger partial charge in [0.25, 0.3) is 0 Å². The first-order valence-electron chi connectivity index (χ1n) is 10.4. The molecule has 2 aliphatic heterocycles. The van der Waals surface area contributed by atoms with Crippen molar-refractivity contribution in [3.63, 3.8) is 0 Å². The van der Waals surface area contributed by atoms with Crippen LogP contribution in [0, 0.1) is 5.92 Å². The Kier molecular flexibility index (Phi) is 6.03. The lowest BCUT2D eigenvalue weighted by Crippen LogP contribution is -2.41. The zero-order chi connectivity index (χ0) is 21.6. The van der Waals surface area contributed by atoms with Crippen molar-refractivity contribution in [1.82, 2.24) is 4.90 Å². The highest BCUT2D eigenvalue weighted by Crippen LogP contribution is 2.36. The van der Waals surface area contributed by atoms with E-state index in [1.54, 1.807) is 4.90 Å². The highest BCUT2D eigenvalue weighted by Gasteiger charge is 2.51. The van der Waals surface area contributed by atoms with Crippen LogP contribution in [0.5, 0.6) is 0 Å². The van der Waals surface area contributed by atoms with Crippen LogP contribution in [0.25, 0.3) is 0 Å². The summed E-state index contributed by atoms with van der Waals surface area (Å²) in [6, 6.07) is 6.03. The Morgan fingerprint density at radius 2 is 1.86 bits per heavy atom. The van der Waals surface area contributed by atoms with Gasteiger partial charge in [0, 0.05) is 18.1 Å². The molecule has 0 N–H and O–H groups in total. The number of rotatable bonds is 3. The van der Waals surface area contributed by atoms with Gasteiger partial charge >= 0.3 is 13.2 Å². The smallest absolute Gasteiger partial charge is 0.444 e. The minimum atomic E-state index is -0.470. The summed E-state index contributed by atoms with van der Waals surface area (Å²) >= 11 is 6.60. The lowest BCUT2D eigenvalue weighted by Gasteiger charge is -2.32. The highest BCUT2D eigenvalue weighted by atomic mass is 35.5. The molecule has 1 aromatic carbocycles. The first-order chi connectivity index (χ1) is 13.3. The Balaban J connectivity index is 1.62. The van der Waals surface area contributed by atoms with E-state index in [2.05, 4.69) is 6.07 Å². The van der Waals surface area contributed by atoms with Crippen LogP contribution in [0.15, 0.2) is 18.2 Å². The number of amides is 1. The number of halogens is 1. The minimum absolute atomic E-state index is 0.234. The molecule has 1 amide bonds. The SMILES string of the molecule is CC(C)(C)OC(=O)N1CCC(Cc2ccc(B3OC(C)(C)C(C)(C)O3)cc2Cl)C1. The molecule has 5 nitrogen and oxygen atoms in total. The molecule has 2 heterocycles. The Morgan fingerprint density at radius 3 is 2.41 bits per heavy atom. The van der Waals surface area contributed by atoms with Crippen LogP contribution in [0.3, 0.4) is 0 Å². The standard InChI is InChI=1S/C22H33BClNO4/c1-20(2,3)27-19(26)25-11-10-15(14-25)12-16-8-9-17(13-18(16)24)23-28-21(4,5)22(6,7)29-23/h8-9,13,15H,10-12,14H2,1-7H3. The van der Waals surface area contributed by atoms with Gasteiger partial charge in [-0.3, -0.25) is 0 Å². The van der Waals surface area contributed by atoms with Crippen LogP contribution in [0.1, 0.15) is 60.5 Å². The predicted octanol–water partition coefficient (Wildman–Crippen LogP) is 4.44. The fourth-order valence-corrected chi connectivity index (χ4v) is 3.92. The van der Waals surface area contributed by atoms with Crippen LogP contribution in [0.4, 0.5) is 4.79 Å². The van der Waals surface area contributed by atoms with Gasteiger partial charge in [-0.2, -0.15) is 0 Å². The summed E-state index contributed by atoms with van der Waals surface area (Å²) in [5.41, 5.74) is 0.791. The number of ether oxygens (including phenoxy) is 1. The van der Waals surface area contributed by atoms with E-state index < -0.39 is 12.7 Å². The molecule has 2 aliphatic rings. The van der Waals surface area contributed by atoms with Gasteiger partial charge < -0.3 is 18.9 Å². The summed E-state index contributed by atoms with van der Waals surface area (Å²) in [6.07, 6.45) is 1.55. The second-order valence-corrected chi connectivity index (χ2v) is 10.6. The summed E-state index contributed by atoms with van der Waals surface area (Å²) in [5, 5.41) is 0.716. The van der Waals surface area contributed by atoms with Gasteiger partial charge in [0.15, 0.2) is 0 Å². The molecule has 0 saturated carbocycles. The maximum absolute atomic E-state index is 12.3. The normalized spacial score (nSPS) is 23.5. The maximum Gasteiger partial charge on any atom is 0.494 e. The molecule has 0 bridgehead atoms. The third kappa shape index (κ3) is 5.09. The zero-order valence-electron chi connectivity index (χ0n) is 18.7. The van der Waals surface area contributed by atoms with Gasteiger partial charge in [0.05, 0.1) is 11.2 Å². The lowest BCUT2D eigenvalue weighted by atomic mass is 9.78. The Labute approximate surface area is 180 Å². The largest absolute Gasteiger partial charge is 0.494 e. The monoisotopic (exact) mass is 421 g/mol. The van der Waals surface area contributed by atoms with Crippen molar-refractivity contribution in [2.75, 3.05) is 13.1 Å². The molecule has 1 aromatic rings. The first-order valence-corrected chi connectivity index (χ1v) is 10.8. The van der Waals surface area contributed by atoms with E-state index in [1.165, 1.54) is 0 Å². The molecule has 1 unspecified atom stereocenters. The van der Waals surface area contributed by atoms with Crippen molar-refractivity contribution in [1.29, 1.82) is 0 Å². The van der Waals surface area contributed by atoms with E-state index in [9.17, 15) is 4.79 Å². The average molecular weight is 422 g/mol. The van der Waals surface area contributed by atoms with Crippen molar-refractivity contribution >= 4 is 30.3 Å². The van der Waals surface area contributed by atoms with E-state index in [4.69, 9.17) is 25.6 Å². The third-order valence-corrected chi connectivity index (χ3v) is 6.40. The summed E-state index contributed by atoms with van der Waals surface area (Å²) in [6.45, 7) is 15.3. The molecule has 0 aromatic heterocycles. The van der Waals surface area contributed by atoms with Gasteiger partial charge in [0.1, 0.15) is 5.60 Å². The Morgan fingerprint density at radius 1 is 1.24 bits per heavy atom. The number of likely N-dealkylation sites (tertiary alicyclic amines) is 1. The van der Waals surface area contributed by atoms with E-state index in [0.29, 0.717) is 17.5 Å². The van der Waals surface area contributed by atoms with Crippen molar-refractivity contribution in [2.24, 2.45) is 5.92 Å². The molecule has 2 fully saturated rings. The fourth-order valence-electron chi connectivity index (χ4n) is 3.66. The van der Waals surface area contributed by atoms with Gasteiger partial charge in [0.2, 0.25) is 0 Å². The number of hydrogen-bond acceptors (Lipinski definition) is 4. The van der Waals surface area contributed by atoms with Gasteiger partial charge in [-0.05, 0) is 84.3 Å². The molecule has 0 aliphatic carbocycles. The molecule has 1 atom stereocenters. The molecule has 0 radical (unpaired) electrons. The summed E-state index contributed by atoms with van der Waals surface area (Å²) in [5.74, 6) is 0.378. The summed E-state index contributed by atoms with van der Waals surface area (Å²) < 4.78 is 17.7. The number of carbonyl (C=O) groups excluding carboxylic acids is 1. The third-order valence-electron chi connectivity index (χ3n) is 6.05. The quantitative estimate of drug-likeness (QED) is 0.677. The van der Waals surface area contributed by atoms with Crippen molar-refractivity contribution in [3.05, 3.63) is 28.8 Å². The van der Waals surface area contributed by atoms with E-state index in [-0.39, 0.29) is 17.3 Å². The van der Waals surface area contributed by atoms with Crippen molar-refractivity contribution < 1.29 is 18.8 Å². The second kappa shape index (κ2) is 7.79. The zero-order valence-corrected chi connectivity index (χ0v) is 19.4. The summed E-state index contributed by atoms with van der Waals surface area (Å²) in [7, 11) is -0.416. The molecule has 29 heavy (non-hydrogen) atoms. The van der Waals surface area contributed by atoms with Crippen molar-refractivity contribution in [2.45, 2.75) is 78.1 Å². The average Bonchev–Trinajstić information content (AvgIpc) is 3.10. The first kappa shape index (κ1) is 22.5. The molecule has 0 spiro atoms. The van der Waals surface area contributed by atoms with E-state index in [0.717, 1.165) is 30.4 Å². The van der Waals surface area contributed by atoms with Crippen LogP contribution in [0.2, 0.25) is 5.02 Å². The Hall–Kier alpha value is -1.24. The van der Waals surface area contributed by atoms with E-state index >= 15 is 0 Å². The topological polar surface area (TPSA) is 48.0 Å². The van der Waals surface area contributed by atoms with E-state index in [1.807, 2.05) is 60.6 Å². The summed E-state index contributed by atoms with van der Waals surface area (Å²) in [4.78, 5) is 14.1. The van der Waals surface area contributed by atoms with Crippen molar-refractivity contribution in [3.8, 4) is 0 Å². The highest BCUT2D eigenvalue weighted by molar-refractivity contribution is 6.62. The number of nitrogens with zero attached hydrogens (tertiary/aromatic N) is 1. The molecular formula is C22H33BClNO4. The van der Waals surface area contributed by atoms with Gasteiger partial charge in [-0.1, -0.05) is 23.7 Å². The van der Waals surface area contributed by atoms with Crippen LogP contribution in [-0.2, 0) is 20.5 Å². The predicted molar refractivity (Wildman–Crippen MR) is 117 cm³/mol. The van der Waals surface area contributed by atoms with Gasteiger partial charge in [-0.15, -0.1) is 0 Å². The molecular weight excluding hydrogens is 389 g/mol. The van der Waals surface area contributed by atoms with Crippen LogP contribution in [-0.4, -0.2) is 48.0 Å². The van der Waals surface area contributed by atoms with Crippen LogP contribution < -0.4 is 5.46 Å². The number of hydrogen-bond donors (Lipinski definition) is 0.